The van der Waals surface area contributed by atoms with Crippen LogP contribution in [0.2, 0.25) is 0 Å². The third-order valence-electron chi connectivity index (χ3n) is 1.66. The molecule has 0 amide bonds. The molecule has 14 heavy (non-hydrogen) atoms. The van der Waals surface area contributed by atoms with Gasteiger partial charge in [-0.2, -0.15) is 0 Å². The Hall–Kier alpha value is -0.520. The van der Waals surface area contributed by atoms with Gasteiger partial charge in [-0.25, -0.2) is 4.98 Å². The van der Waals surface area contributed by atoms with E-state index in [4.69, 9.17) is 0 Å². The highest BCUT2D eigenvalue weighted by molar-refractivity contribution is 9.10. The summed E-state index contributed by atoms with van der Waals surface area (Å²) in [6.45, 7) is 1.56. The van der Waals surface area contributed by atoms with Crippen LogP contribution in [0.1, 0.15) is 16.6 Å². The van der Waals surface area contributed by atoms with Crippen LogP contribution in [0.25, 0.3) is 9.88 Å². The number of Topliss-reactive ketones (excluding diaryl/α,β-unsaturated/α-hetero) is 1. The summed E-state index contributed by atoms with van der Waals surface area (Å²) in [5.74, 6) is 0.0708. The molecular weight excluding hydrogens is 282 g/mol. The van der Waals surface area contributed by atoms with Crippen LogP contribution in [-0.2, 0) is 0 Å². The molecule has 0 N–H and O–H groups in total. The van der Waals surface area contributed by atoms with E-state index in [1.807, 2.05) is 11.4 Å². The van der Waals surface area contributed by atoms with Gasteiger partial charge in [-0.3, -0.25) is 4.79 Å². The van der Waals surface area contributed by atoms with Crippen molar-refractivity contribution in [1.82, 2.24) is 4.98 Å². The molecule has 0 spiro atoms. The highest BCUT2D eigenvalue weighted by atomic mass is 79.9. The highest BCUT2D eigenvalue weighted by Crippen LogP contribution is 2.35. The minimum absolute atomic E-state index is 0.0708. The summed E-state index contributed by atoms with van der Waals surface area (Å²) in [6.07, 6.45) is 1.63. The molecule has 0 fully saturated rings. The molecule has 72 valence electrons. The Kier molecular flexibility index (Phi) is 2.80. The van der Waals surface area contributed by atoms with Crippen LogP contribution in [0.5, 0.6) is 0 Å². The van der Waals surface area contributed by atoms with Crippen LogP contribution in [0.4, 0.5) is 0 Å². The molecule has 0 atom stereocenters. The monoisotopic (exact) mass is 287 g/mol. The number of nitrogens with zero attached hydrogens (tertiary/aromatic N) is 1. The molecule has 0 bridgehead atoms. The van der Waals surface area contributed by atoms with Gasteiger partial charge in [0.2, 0.25) is 0 Å². The van der Waals surface area contributed by atoms with Crippen molar-refractivity contribution >= 4 is 44.4 Å². The second-order valence-corrected chi connectivity index (χ2v) is 5.48. The first-order valence-electron chi connectivity index (χ1n) is 3.88. The Morgan fingerprint density at radius 1 is 1.57 bits per heavy atom. The second kappa shape index (κ2) is 3.92. The molecule has 2 aromatic rings. The zero-order valence-corrected chi connectivity index (χ0v) is 10.5. The predicted octanol–water partition coefficient (Wildman–Crippen LogP) is 3.84. The summed E-state index contributed by atoms with van der Waals surface area (Å²) in [7, 11) is 0. The Balaban J connectivity index is 2.43. The molecule has 5 heteroatoms. The molecule has 0 aromatic carbocycles. The Labute approximate surface area is 97.7 Å². The molecule has 0 saturated heterocycles. The van der Waals surface area contributed by atoms with Crippen LogP contribution in [0.3, 0.4) is 0 Å². The summed E-state index contributed by atoms with van der Waals surface area (Å²) in [4.78, 5) is 17.1. The lowest BCUT2D eigenvalue weighted by Gasteiger charge is -1.89. The van der Waals surface area contributed by atoms with Crippen molar-refractivity contribution in [2.24, 2.45) is 0 Å². The minimum Gasteiger partial charge on any atom is -0.294 e. The zero-order valence-electron chi connectivity index (χ0n) is 7.28. The van der Waals surface area contributed by atoms with E-state index in [9.17, 15) is 4.79 Å². The molecule has 2 aromatic heterocycles. The van der Waals surface area contributed by atoms with Crippen LogP contribution in [-0.4, -0.2) is 10.8 Å². The van der Waals surface area contributed by atoms with E-state index in [0.29, 0.717) is 4.88 Å². The van der Waals surface area contributed by atoms with Crippen molar-refractivity contribution in [3.05, 3.63) is 27.0 Å². The molecule has 0 aliphatic carbocycles. The van der Waals surface area contributed by atoms with Crippen LogP contribution >= 0.6 is 38.6 Å². The van der Waals surface area contributed by atoms with Gasteiger partial charge in [0.1, 0.15) is 5.01 Å². The van der Waals surface area contributed by atoms with Crippen LogP contribution in [0.15, 0.2) is 22.1 Å². The van der Waals surface area contributed by atoms with E-state index in [1.165, 1.54) is 11.3 Å². The third-order valence-corrected chi connectivity index (χ3v) is 4.75. The fourth-order valence-electron chi connectivity index (χ4n) is 0.988. The van der Waals surface area contributed by atoms with Crippen molar-refractivity contribution in [2.45, 2.75) is 6.92 Å². The first-order chi connectivity index (χ1) is 6.68. The van der Waals surface area contributed by atoms with Crippen molar-refractivity contribution in [2.75, 3.05) is 0 Å². The van der Waals surface area contributed by atoms with Gasteiger partial charge in [-0.05, 0) is 27.4 Å². The van der Waals surface area contributed by atoms with E-state index in [-0.39, 0.29) is 5.78 Å². The maximum absolute atomic E-state index is 11.1. The fraction of sp³-hybridized carbons (Fsp3) is 0.111. The smallest absolute Gasteiger partial charge is 0.171 e. The maximum atomic E-state index is 11.1. The number of halogens is 1. The number of aromatic nitrogens is 1. The number of hydrogen-bond donors (Lipinski definition) is 0. The van der Waals surface area contributed by atoms with Gasteiger partial charge in [0.25, 0.3) is 0 Å². The summed E-state index contributed by atoms with van der Waals surface area (Å²) in [6, 6.07) is 1.98. The van der Waals surface area contributed by atoms with E-state index < -0.39 is 0 Å². The SMILES string of the molecule is CC(=O)c1cnc(-c2sccc2Br)s1. The highest BCUT2D eigenvalue weighted by Gasteiger charge is 2.11. The molecular formula is C9H6BrNOS2. The van der Waals surface area contributed by atoms with Crippen molar-refractivity contribution < 1.29 is 4.79 Å². The number of carbonyl (C=O) groups excluding carboxylic acids is 1. The van der Waals surface area contributed by atoms with Gasteiger partial charge < -0.3 is 0 Å². The van der Waals surface area contributed by atoms with Crippen LogP contribution in [0, 0.1) is 0 Å². The van der Waals surface area contributed by atoms with Gasteiger partial charge in [-0.15, -0.1) is 22.7 Å². The van der Waals surface area contributed by atoms with Crippen LogP contribution < -0.4 is 0 Å². The summed E-state index contributed by atoms with van der Waals surface area (Å²) in [5, 5.41) is 2.89. The molecule has 0 saturated carbocycles. The first kappa shape index (κ1) is 10.0. The molecule has 0 aliphatic rings. The zero-order chi connectivity index (χ0) is 10.1. The maximum Gasteiger partial charge on any atom is 0.171 e. The predicted molar refractivity (Wildman–Crippen MR) is 63.1 cm³/mol. The number of thiazole rings is 1. The average Bonchev–Trinajstić information content (AvgIpc) is 2.71. The van der Waals surface area contributed by atoms with Crippen molar-refractivity contribution in [3.63, 3.8) is 0 Å². The van der Waals surface area contributed by atoms with Gasteiger partial charge >= 0.3 is 0 Å². The molecule has 2 heterocycles. The van der Waals surface area contributed by atoms with E-state index in [2.05, 4.69) is 20.9 Å². The van der Waals surface area contributed by atoms with E-state index >= 15 is 0 Å². The Morgan fingerprint density at radius 2 is 2.36 bits per heavy atom. The number of thiophene rings is 1. The van der Waals surface area contributed by atoms with Gasteiger partial charge in [-0.1, -0.05) is 0 Å². The van der Waals surface area contributed by atoms with Gasteiger partial charge in [0.15, 0.2) is 5.78 Å². The van der Waals surface area contributed by atoms with E-state index in [0.717, 1.165) is 14.4 Å². The summed E-state index contributed by atoms with van der Waals surface area (Å²) in [5.41, 5.74) is 0. The normalized spacial score (nSPS) is 10.4. The van der Waals surface area contributed by atoms with Crippen molar-refractivity contribution in [1.29, 1.82) is 0 Å². The quantitative estimate of drug-likeness (QED) is 0.786. The van der Waals surface area contributed by atoms with E-state index in [1.54, 1.807) is 24.5 Å². The lowest BCUT2D eigenvalue weighted by Crippen LogP contribution is -1.83. The van der Waals surface area contributed by atoms with Gasteiger partial charge in [0.05, 0.1) is 9.75 Å². The molecule has 0 unspecified atom stereocenters. The standard InChI is InChI=1S/C9H6BrNOS2/c1-5(12)7-4-11-9(14-7)8-6(10)2-3-13-8/h2-4H,1H3. The summed E-state index contributed by atoms with van der Waals surface area (Å²) < 4.78 is 1.03. The lowest BCUT2D eigenvalue weighted by molar-refractivity contribution is 0.102. The minimum atomic E-state index is 0.0708. The molecule has 2 nitrogen and oxygen atoms in total. The van der Waals surface area contributed by atoms with Crippen molar-refractivity contribution in [3.8, 4) is 9.88 Å². The molecule has 0 radical (unpaired) electrons. The average molecular weight is 288 g/mol. The number of rotatable bonds is 2. The number of carbonyl (C=O) groups is 1. The Bertz CT molecular complexity index is 475. The fourth-order valence-corrected chi connectivity index (χ4v) is 3.60. The van der Waals surface area contributed by atoms with Gasteiger partial charge in [0, 0.05) is 17.6 Å². The largest absolute Gasteiger partial charge is 0.294 e. The number of ketones is 1. The first-order valence-corrected chi connectivity index (χ1v) is 6.37. The number of hydrogen-bond acceptors (Lipinski definition) is 4. The topological polar surface area (TPSA) is 30.0 Å². The molecule has 0 aliphatic heterocycles. The summed E-state index contributed by atoms with van der Waals surface area (Å²) >= 11 is 6.49. The second-order valence-electron chi connectivity index (χ2n) is 2.68. The lowest BCUT2D eigenvalue weighted by atomic mass is 10.4. The molecule has 2 rings (SSSR count). The Morgan fingerprint density at radius 3 is 2.86 bits per heavy atom. The third kappa shape index (κ3) is 1.80.